The van der Waals surface area contributed by atoms with Gasteiger partial charge in [-0.2, -0.15) is 0 Å². The maximum absolute atomic E-state index is 11.0. The van der Waals surface area contributed by atoms with Gasteiger partial charge in [0.2, 0.25) is 0 Å². The number of hydrogen-bond donors (Lipinski definition) is 0. The van der Waals surface area contributed by atoms with Crippen molar-refractivity contribution in [3.8, 4) is 0 Å². The monoisotopic (exact) mass is 254 g/mol. The Morgan fingerprint density at radius 1 is 1.06 bits per heavy atom. The minimum atomic E-state index is -0.319. The molecule has 0 heterocycles. The second kappa shape index (κ2) is 10.6. The van der Waals surface area contributed by atoms with Crippen LogP contribution in [-0.4, -0.2) is 25.2 Å². The van der Waals surface area contributed by atoms with Gasteiger partial charge in [-0.05, 0) is 33.1 Å². The molecule has 0 aromatic heterocycles. The number of unbranched alkanes of at least 4 members (excludes halogenated alkanes) is 2. The smallest absolute Gasteiger partial charge is 0.330 e. The van der Waals surface area contributed by atoms with E-state index in [-0.39, 0.29) is 11.9 Å². The minimum Gasteiger partial charge on any atom is -0.466 e. The summed E-state index contributed by atoms with van der Waals surface area (Å²) in [5, 5.41) is 0. The van der Waals surface area contributed by atoms with E-state index < -0.39 is 0 Å². The van der Waals surface area contributed by atoms with Crippen molar-refractivity contribution in [2.45, 2.75) is 40.0 Å². The predicted molar refractivity (Wildman–Crippen MR) is 70.0 cm³/mol. The number of esters is 2. The molecular formula is C14H22O4. The van der Waals surface area contributed by atoms with Gasteiger partial charge in [-0.1, -0.05) is 17.7 Å². The highest BCUT2D eigenvalue weighted by molar-refractivity contribution is 5.82. The second-order valence-corrected chi connectivity index (χ2v) is 3.87. The highest BCUT2D eigenvalue weighted by Gasteiger charge is 1.94. The molecule has 0 aromatic carbocycles. The normalized spacial score (nSPS) is 11.6. The predicted octanol–water partition coefficient (Wildman–Crippen LogP) is 2.79. The summed E-state index contributed by atoms with van der Waals surface area (Å²) in [6, 6.07) is 0. The molecule has 0 aromatic rings. The molecular weight excluding hydrogens is 232 g/mol. The molecule has 102 valence electrons. The average Bonchev–Trinajstić information content (AvgIpc) is 2.31. The van der Waals surface area contributed by atoms with Crippen LogP contribution in [0.25, 0.3) is 0 Å². The Labute approximate surface area is 109 Å². The van der Waals surface area contributed by atoms with Crippen LogP contribution in [0.5, 0.6) is 0 Å². The minimum absolute atomic E-state index is 0.237. The van der Waals surface area contributed by atoms with Crippen LogP contribution in [-0.2, 0) is 19.1 Å². The van der Waals surface area contributed by atoms with Gasteiger partial charge in [0.05, 0.1) is 13.2 Å². The van der Waals surface area contributed by atoms with Gasteiger partial charge in [0.1, 0.15) is 0 Å². The van der Waals surface area contributed by atoms with Gasteiger partial charge < -0.3 is 9.47 Å². The number of carbonyl (C=O) groups excluding carboxylic acids is 2. The Morgan fingerprint density at radius 3 is 2.39 bits per heavy atom. The lowest BCUT2D eigenvalue weighted by molar-refractivity contribution is -0.141. The van der Waals surface area contributed by atoms with Crippen LogP contribution >= 0.6 is 0 Å². The van der Waals surface area contributed by atoms with Crippen molar-refractivity contribution >= 4 is 11.9 Å². The molecule has 0 aliphatic carbocycles. The van der Waals surface area contributed by atoms with Crippen molar-refractivity contribution in [2.75, 3.05) is 13.2 Å². The van der Waals surface area contributed by atoms with E-state index in [0.29, 0.717) is 13.2 Å². The van der Waals surface area contributed by atoms with Crippen LogP contribution < -0.4 is 0 Å². The fraction of sp³-hybridized carbons (Fsp3) is 0.571. The molecule has 0 unspecified atom stereocenters. The quantitative estimate of drug-likeness (QED) is 0.289. The molecule has 0 atom stereocenters. The first kappa shape index (κ1) is 16.4. The lowest BCUT2D eigenvalue weighted by Crippen LogP contribution is -1.99. The highest BCUT2D eigenvalue weighted by atomic mass is 16.5. The van der Waals surface area contributed by atoms with E-state index in [1.54, 1.807) is 13.0 Å². The summed E-state index contributed by atoms with van der Waals surface area (Å²) < 4.78 is 9.59. The maximum Gasteiger partial charge on any atom is 0.330 e. The number of rotatable bonds is 8. The van der Waals surface area contributed by atoms with Gasteiger partial charge in [-0.25, -0.2) is 4.79 Å². The molecule has 18 heavy (non-hydrogen) atoms. The van der Waals surface area contributed by atoms with Gasteiger partial charge >= 0.3 is 11.9 Å². The molecule has 0 saturated carbocycles. The second-order valence-electron chi connectivity index (χ2n) is 3.87. The van der Waals surface area contributed by atoms with E-state index in [1.165, 1.54) is 13.0 Å². The zero-order valence-electron chi connectivity index (χ0n) is 11.4. The van der Waals surface area contributed by atoms with Gasteiger partial charge in [-0.3, -0.25) is 4.79 Å². The van der Waals surface area contributed by atoms with Crippen molar-refractivity contribution in [3.63, 3.8) is 0 Å². The first-order valence-corrected chi connectivity index (χ1v) is 6.21. The number of allylic oxidation sites excluding steroid dienone is 3. The zero-order valence-corrected chi connectivity index (χ0v) is 11.4. The summed E-state index contributed by atoms with van der Waals surface area (Å²) in [7, 11) is 0. The molecule has 0 bridgehead atoms. The van der Waals surface area contributed by atoms with Crippen molar-refractivity contribution in [3.05, 3.63) is 23.8 Å². The standard InChI is InChI=1S/C14H22O4/c1-4-17-14(16)10-9-12(2)8-6-5-7-11-18-13(3)15/h8-10H,4-7,11H2,1-3H3/b10-9+,12-8+. The Bertz CT molecular complexity index is 316. The van der Waals surface area contributed by atoms with Crippen LogP contribution in [0.15, 0.2) is 23.8 Å². The molecule has 4 heteroatoms. The van der Waals surface area contributed by atoms with Gasteiger partial charge in [-0.15, -0.1) is 0 Å². The lowest BCUT2D eigenvalue weighted by atomic mass is 10.1. The summed E-state index contributed by atoms with van der Waals surface area (Å²) in [5.74, 6) is -0.556. The maximum atomic E-state index is 11.0. The number of hydrogen-bond acceptors (Lipinski definition) is 4. The van der Waals surface area contributed by atoms with E-state index >= 15 is 0 Å². The van der Waals surface area contributed by atoms with E-state index in [1.807, 2.05) is 13.0 Å². The van der Waals surface area contributed by atoms with E-state index in [2.05, 4.69) is 0 Å². The summed E-state index contributed by atoms with van der Waals surface area (Å²) in [4.78, 5) is 21.5. The molecule has 0 N–H and O–H groups in total. The van der Waals surface area contributed by atoms with Crippen LogP contribution in [0.3, 0.4) is 0 Å². The average molecular weight is 254 g/mol. The third-order valence-electron chi connectivity index (χ3n) is 2.14. The van der Waals surface area contributed by atoms with Crippen LogP contribution in [0, 0.1) is 0 Å². The first-order chi connectivity index (χ1) is 8.56. The summed E-state index contributed by atoms with van der Waals surface area (Å²) >= 11 is 0. The van der Waals surface area contributed by atoms with E-state index in [4.69, 9.17) is 9.47 Å². The van der Waals surface area contributed by atoms with E-state index in [0.717, 1.165) is 24.8 Å². The summed E-state index contributed by atoms with van der Waals surface area (Å²) in [6.07, 6.45) is 7.92. The van der Waals surface area contributed by atoms with Crippen LogP contribution in [0.2, 0.25) is 0 Å². The topological polar surface area (TPSA) is 52.6 Å². The van der Waals surface area contributed by atoms with Crippen molar-refractivity contribution in [1.29, 1.82) is 0 Å². The van der Waals surface area contributed by atoms with Crippen LogP contribution in [0.4, 0.5) is 0 Å². The fourth-order valence-electron chi connectivity index (χ4n) is 1.25. The molecule has 0 aliphatic rings. The molecule has 0 rings (SSSR count). The Hall–Kier alpha value is -1.58. The lowest BCUT2D eigenvalue weighted by Gasteiger charge is -2.00. The van der Waals surface area contributed by atoms with Crippen molar-refractivity contribution in [1.82, 2.24) is 0 Å². The molecule has 0 saturated heterocycles. The SMILES string of the molecule is CCOC(=O)/C=C/C(C)=C/CCCCOC(C)=O. The van der Waals surface area contributed by atoms with Gasteiger partial charge in [0.15, 0.2) is 0 Å². The van der Waals surface area contributed by atoms with Crippen molar-refractivity contribution < 1.29 is 19.1 Å². The summed E-state index contributed by atoms with van der Waals surface area (Å²) in [5.41, 5.74) is 1.02. The van der Waals surface area contributed by atoms with Gasteiger partial charge in [0.25, 0.3) is 0 Å². The Morgan fingerprint density at radius 2 is 1.78 bits per heavy atom. The molecule has 0 fully saturated rings. The van der Waals surface area contributed by atoms with Gasteiger partial charge in [0, 0.05) is 13.0 Å². The molecule has 0 amide bonds. The number of carbonyl (C=O) groups is 2. The largest absolute Gasteiger partial charge is 0.466 e. The molecule has 0 aliphatic heterocycles. The Balaban J connectivity index is 3.71. The van der Waals surface area contributed by atoms with Crippen LogP contribution in [0.1, 0.15) is 40.0 Å². The molecule has 0 spiro atoms. The third kappa shape index (κ3) is 10.9. The first-order valence-electron chi connectivity index (χ1n) is 6.21. The van der Waals surface area contributed by atoms with Crippen molar-refractivity contribution in [2.24, 2.45) is 0 Å². The zero-order chi connectivity index (χ0) is 13.8. The molecule has 4 nitrogen and oxygen atoms in total. The molecule has 0 radical (unpaired) electrons. The van der Waals surface area contributed by atoms with E-state index in [9.17, 15) is 9.59 Å². The highest BCUT2D eigenvalue weighted by Crippen LogP contribution is 2.03. The fourth-order valence-corrected chi connectivity index (χ4v) is 1.25. The number of ether oxygens (including phenoxy) is 2. The summed E-state index contributed by atoms with van der Waals surface area (Å²) in [6.45, 7) is 5.98. The Kier molecular flexibility index (Phi) is 9.64. The third-order valence-corrected chi connectivity index (χ3v) is 2.14.